The number of nitrogens with zero attached hydrogens (tertiary/aromatic N) is 1. The molecule has 18 heavy (non-hydrogen) atoms. The van der Waals surface area contributed by atoms with Gasteiger partial charge < -0.3 is 25.1 Å². The summed E-state index contributed by atoms with van der Waals surface area (Å²) in [7, 11) is 3.83. The maximum Gasteiger partial charge on any atom is 0.371 e. The van der Waals surface area contributed by atoms with Crippen LogP contribution in [0.15, 0.2) is 16.5 Å². The summed E-state index contributed by atoms with van der Waals surface area (Å²) in [6.45, 7) is 1.44. The first-order valence-corrected chi connectivity index (χ1v) is 5.47. The summed E-state index contributed by atoms with van der Waals surface area (Å²) in [5, 5.41) is 13.9. The molecule has 1 heterocycles. The molecule has 0 aliphatic rings. The average molecular weight is 255 g/mol. The van der Waals surface area contributed by atoms with Crippen LogP contribution in [0, 0.1) is 0 Å². The molecule has 0 aliphatic heterocycles. The molecule has 3 N–H and O–H groups in total. The van der Waals surface area contributed by atoms with E-state index < -0.39 is 5.97 Å². The Morgan fingerprint density at radius 1 is 1.33 bits per heavy atom. The Bertz CT molecular complexity index is 414. The lowest BCUT2D eigenvalue weighted by Gasteiger charge is -2.10. The molecule has 1 rings (SSSR count). The number of carboxylic acid groups (broad SMARTS) is 1. The molecule has 2 amide bonds. The van der Waals surface area contributed by atoms with Gasteiger partial charge in [-0.2, -0.15) is 0 Å². The van der Waals surface area contributed by atoms with Crippen molar-refractivity contribution in [2.45, 2.75) is 6.54 Å². The van der Waals surface area contributed by atoms with Crippen molar-refractivity contribution in [3.63, 3.8) is 0 Å². The predicted molar refractivity (Wildman–Crippen MR) is 64.5 cm³/mol. The molecular weight excluding hydrogens is 238 g/mol. The van der Waals surface area contributed by atoms with Crippen molar-refractivity contribution in [2.75, 3.05) is 27.2 Å². The zero-order valence-electron chi connectivity index (χ0n) is 10.4. The maximum atomic E-state index is 11.3. The summed E-state index contributed by atoms with van der Waals surface area (Å²) in [5.74, 6) is -0.869. The van der Waals surface area contributed by atoms with Gasteiger partial charge in [0.2, 0.25) is 5.76 Å². The van der Waals surface area contributed by atoms with Gasteiger partial charge in [-0.15, -0.1) is 0 Å². The quantitative estimate of drug-likeness (QED) is 0.681. The van der Waals surface area contributed by atoms with E-state index in [1.54, 1.807) is 0 Å². The lowest BCUT2D eigenvalue weighted by atomic mass is 10.4. The number of carboxylic acids is 1. The number of carbonyl (C=O) groups is 2. The van der Waals surface area contributed by atoms with Crippen LogP contribution in [0.2, 0.25) is 0 Å². The van der Waals surface area contributed by atoms with E-state index in [9.17, 15) is 9.59 Å². The highest BCUT2D eigenvalue weighted by Gasteiger charge is 2.09. The topological polar surface area (TPSA) is 94.8 Å². The summed E-state index contributed by atoms with van der Waals surface area (Å²) < 4.78 is 4.99. The second-order valence-corrected chi connectivity index (χ2v) is 3.98. The van der Waals surface area contributed by atoms with Gasteiger partial charge in [0.25, 0.3) is 0 Å². The number of hydrogen-bond donors (Lipinski definition) is 3. The van der Waals surface area contributed by atoms with Crippen molar-refractivity contribution in [1.29, 1.82) is 0 Å². The number of aromatic carboxylic acids is 1. The van der Waals surface area contributed by atoms with Crippen molar-refractivity contribution in [3.8, 4) is 0 Å². The number of urea groups is 1. The van der Waals surface area contributed by atoms with Crippen LogP contribution < -0.4 is 10.6 Å². The second kappa shape index (κ2) is 6.65. The first-order chi connectivity index (χ1) is 8.49. The first kappa shape index (κ1) is 14.0. The fraction of sp³-hybridized carbons (Fsp3) is 0.455. The Morgan fingerprint density at radius 2 is 2.06 bits per heavy atom. The third-order valence-electron chi connectivity index (χ3n) is 2.14. The fourth-order valence-electron chi connectivity index (χ4n) is 1.21. The van der Waals surface area contributed by atoms with Crippen molar-refractivity contribution < 1.29 is 19.1 Å². The van der Waals surface area contributed by atoms with E-state index in [0.29, 0.717) is 12.3 Å². The van der Waals surface area contributed by atoms with E-state index in [-0.39, 0.29) is 18.3 Å². The molecule has 0 aliphatic carbocycles. The molecule has 0 saturated carbocycles. The van der Waals surface area contributed by atoms with E-state index in [1.807, 2.05) is 19.0 Å². The van der Waals surface area contributed by atoms with Gasteiger partial charge in [0.15, 0.2) is 0 Å². The van der Waals surface area contributed by atoms with Gasteiger partial charge >= 0.3 is 12.0 Å². The maximum absolute atomic E-state index is 11.3. The Morgan fingerprint density at radius 3 is 2.61 bits per heavy atom. The molecule has 0 fully saturated rings. The van der Waals surface area contributed by atoms with Crippen molar-refractivity contribution in [1.82, 2.24) is 15.5 Å². The molecule has 7 nitrogen and oxygen atoms in total. The van der Waals surface area contributed by atoms with E-state index in [2.05, 4.69) is 10.6 Å². The van der Waals surface area contributed by atoms with E-state index in [0.717, 1.165) is 6.54 Å². The van der Waals surface area contributed by atoms with E-state index >= 15 is 0 Å². The van der Waals surface area contributed by atoms with Crippen LogP contribution in [-0.2, 0) is 6.54 Å². The number of rotatable bonds is 6. The van der Waals surface area contributed by atoms with Gasteiger partial charge in [0, 0.05) is 13.1 Å². The van der Waals surface area contributed by atoms with Crippen molar-refractivity contribution in [3.05, 3.63) is 23.7 Å². The number of nitrogens with one attached hydrogen (secondary N) is 2. The van der Waals surface area contributed by atoms with Gasteiger partial charge in [-0.05, 0) is 26.2 Å². The number of carbonyl (C=O) groups excluding carboxylic acids is 1. The summed E-state index contributed by atoms with van der Waals surface area (Å²) >= 11 is 0. The Balaban J connectivity index is 2.27. The van der Waals surface area contributed by atoms with Crippen LogP contribution in [0.5, 0.6) is 0 Å². The minimum atomic E-state index is -1.13. The molecule has 0 aromatic carbocycles. The standard InChI is InChI=1S/C11H17N3O4/c1-14(2)6-5-12-11(17)13-7-8-3-4-9(18-8)10(15)16/h3-4H,5-7H2,1-2H3,(H,15,16)(H2,12,13,17). The summed E-state index contributed by atoms with van der Waals surface area (Å²) in [5.41, 5.74) is 0. The Hall–Kier alpha value is -2.02. The smallest absolute Gasteiger partial charge is 0.371 e. The van der Waals surface area contributed by atoms with Crippen LogP contribution in [-0.4, -0.2) is 49.2 Å². The lowest BCUT2D eigenvalue weighted by molar-refractivity contribution is 0.0660. The van der Waals surface area contributed by atoms with Gasteiger partial charge in [-0.3, -0.25) is 0 Å². The van der Waals surface area contributed by atoms with Crippen molar-refractivity contribution in [2.24, 2.45) is 0 Å². The van der Waals surface area contributed by atoms with E-state index in [1.165, 1.54) is 12.1 Å². The van der Waals surface area contributed by atoms with Crippen LogP contribution in [0.4, 0.5) is 4.79 Å². The molecule has 100 valence electrons. The lowest BCUT2D eigenvalue weighted by Crippen LogP contribution is -2.38. The Labute approximate surface area is 105 Å². The monoisotopic (exact) mass is 255 g/mol. The molecule has 0 spiro atoms. The Kier molecular flexibility index (Phi) is 5.19. The normalized spacial score (nSPS) is 10.4. The molecule has 7 heteroatoms. The summed E-state index contributed by atoms with van der Waals surface area (Å²) in [4.78, 5) is 23.8. The second-order valence-electron chi connectivity index (χ2n) is 3.98. The van der Waals surface area contributed by atoms with Gasteiger partial charge in [0.05, 0.1) is 6.54 Å². The predicted octanol–water partition coefficient (Wildman–Crippen LogP) is 0.339. The highest BCUT2D eigenvalue weighted by molar-refractivity contribution is 5.84. The van der Waals surface area contributed by atoms with Gasteiger partial charge in [-0.1, -0.05) is 0 Å². The molecule has 1 aromatic heterocycles. The minimum Gasteiger partial charge on any atom is -0.475 e. The minimum absolute atomic E-state index is 0.139. The van der Waals surface area contributed by atoms with Crippen LogP contribution in [0.3, 0.4) is 0 Å². The zero-order valence-corrected chi connectivity index (χ0v) is 10.4. The number of likely N-dealkylation sites (N-methyl/N-ethyl adjacent to an activating group) is 1. The van der Waals surface area contributed by atoms with E-state index in [4.69, 9.17) is 9.52 Å². The molecule has 1 aromatic rings. The fourth-order valence-corrected chi connectivity index (χ4v) is 1.21. The highest BCUT2D eigenvalue weighted by Crippen LogP contribution is 2.07. The average Bonchev–Trinajstić information content (AvgIpc) is 2.74. The molecule has 0 saturated heterocycles. The number of furan rings is 1. The molecule has 0 radical (unpaired) electrons. The zero-order chi connectivity index (χ0) is 13.5. The highest BCUT2D eigenvalue weighted by atomic mass is 16.4. The third kappa shape index (κ3) is 4.88. The molecular formula is C11H17N3O4. The number of amides is 2. The van der Waals surface area contributed by atoms with Crippen LogP contribution in [0.1, 0.15) is 16.3 Å². The third-order valence-corrected chi connectivity index (χ3v) is 2.14. The molecule has 0 unspecified atom stereocenters. The first-order valence-electron chi connectivity index (χ1n) is 5.47. The molecule has 0 bridgehead atoms. The summed E-state index contributed by atoms with van der Waals surface area (Å²) in [6.07, 6.45) is 0. The summed E-state index contributed by atoms with van der Waals surface area (Å²) in [6, 6.07) is 2.55. The largest absolute Gasteiger partial charge is 0.475 e. The van der Waals surface area contributed by atoms with Crippen LogP contribution >= 0.6 is 0 Å². The van der Waals surface area contributed by atoms with Crippen molar-refractivity contribution >= 4 is 12.0 Å². The SMILES string of the molecule is CN(C)CCNC(=O)NCc1ccc(C(=O)O)o1. The van der Waals surface area contributed by atoms with Gasteiger partial charge in [0.1, 0.15) is 5.76 Å². The molecule has 0 atom stereocenters. The van der Waals surface area contributed by atoms with Gasteiger partial charge in [-0.25, -0.2) is 9.59 Å². The number of hydrogen-bond acceptors (Lipinski definition) is 4. The van der Waals surface area contributed by atoms with Crippen LogP contribution in [0.25, 0.3) is 0 Å².